The summed E-state index contributed by atoms with van der Waals surface area (Å²) in [5.74, 6) is 0.336. The van der Waals surface area contributed by atoms with E-state index in [-0.39, 0.29) is 24.7 Å². The molecule has 4 rings (SSSR count). The fourth-order valence-corrected chi connectivity index (χ4v) is 3.60. The Labute approximate surface area is 179 Å². The molecule has 1 amide bonds. The summed E-state index contributed by atoms with van der Waals surface area (Å²) in [7, 11) is 0. The Morgan fingerprint density at radius 3 is 2.48 bits per heavy atom. The number of esters is 1. The van der Waals surface area contributed by atoms with Gasteiger partial charge in [0.2, 0.25) is 5.91 Å². The van der Waals surface area contributed by atoms with Crippen LogP contribution in [0.3, 0.4) is 0 Å². The van der Waals surface area contributed by atoms with E-state index < -0.39 is 0 Å². The molecular weight excluding hydrogens is 398 g/mol. The molecule has 10 nitrogen and oxygen atoms in total. The largest absolute Gasteiger partial charge is 0.466 e. The summed E-state index contributed by atoms with van der Waals surface area (Å²) in [6.07, 6.45) is 1.80. The molecule has 0 spiro atoms. The summed E-state index contributed by atoms with van der Waals surface area (Å²) in [5.41, 5.74) is 3.32. The zero-order valence-corrected chi connectivity index (χ0v) is 17.7. The van der Waals surface area contributed by atoms with Crippen LogP contribution in [0.2, 0.25) is 0 Å². The molecule has 31 heavy (non-hydrogen) atoms. The van der Waals surface area contributed by atoms with Crippen LogP contribution in [-0.4, -0.2) is 74.5 Å². The van der Waals surface area contributed by atoms with E-state index in [1.54, 1.807) is 16.5 Å². The van der Waals surface area contributed by atoms with E-state index in [0.717, 1.165) is 11.3 Å². The second-order valence-electron chi connectivity index (χ2n) is 7.38. The smallest absolute Gasteiger partial charge is 0.306 e. The molecule has 0 bridgehead atoms. The van der Waals surface area contributed by atoms with Gasteiger partial charge in [0.25, 0.3) is 0 Å². The van der Waals surface area contributed by atoms with Crippen molar-refractivity contribution in [3.63, 3.8) is 0 Å². The molecule has 0 atom stereocenters. The Balaban J connectivity index is 1.44. The van der Waals surface area contributed by atoms with Crippen LogP contribution in [-0.2, 0) is 14.3 Å². The number of hydrogen-bond acceptors (Lipinski definition) is 8. The first kappa shape index (κ1) is 20.7. The van der Waals surface area contributed by atoms with E-state index in [1.807, 2.05) is 31.2 Å². The molecule has 0 radical (unpaired) electrons. The predicted molar refractivity (Wildman–Crippen MR) is 114 cm³/mol. The van der Waals surface area contributed by atoms with Crippen molar-refractivity contribution in [3.8, 4) is 5.69 Å². The molecule has 0 saturated carbocycles. The third-order valence-electron chi connectivity index (χ3n) is 5.28. The van der Waals surface area contributed by atoms with Crippen LogP contribution >= 0.6 is 0 Å². The van der Waals surface area contributed by atoms with Gasteiger partial charge in [0.15, 0.2) is 17.0 Å². The molecule has 2 aromatic heterocycles. The van der Waals surface area contributed by atoms with Crippen molar-refractivity contribution < 1.29 is 14.3 Å². The Morgan fingerprint density at radius 1 is 1.03 bits per heavy atom. The highest BCUT2D eigenvalue weighted by Crippen LogP contribution is 2.23. The third kappa shape index (κ3) is 4.47. The summed E-state index contributed by atoms with van der Waals surface area (Å²) in [4.78, 5) is 36.6. The molecule has 0 unspecified atom stereocenters. The summed E-state index contributed by atoms with van der Waals surface area (Å²) < 4.78 is 6.59. The topological polar surface area (TPSA) is 106 Å². The van der Waals surface area contributed by atoms with Crippen LogP contribution in [0, 0.1) is 6.92 Å². The lowest BCUT2D eigenvalue weighted by Crippen LogP contribution is -2.49. The summed E-state index contributed by atoms with van der Waals surface area (Å²) >= 11 is 0. The number of aromatic nitrogens is 5. The number of piperazine rings is 1. The average molecular weight is 423 g/mol. The molecule has 1 fully saturated rings. The van der Waals surface area contributed by atoms with E-state index in [9.17, 15) is 9.59 Å². The molecule has 3 aromatic rings. The molecular formula is C21H25N7O3. The molecule has 1 aliphatic heterocycles. The van der Waals surface area contributed by atoms with Crippen molar-refractivity contribution in [2.24, 2.45) is 0 Å². The normalized spacial score (nSPS) is 14.1. The van der Waals surface area contributed by atoms with Gasteiger partial charge < -0.3 is 14.5 Å². The summed E-state index contributed by atoms with van der Waals surface area (Å²) in [6, 6.07) is 7.99. The first-order valence-corrected chi connectivity index (χ1v) is 10.4. The van der Waals surface area contributed by atoms with Gasteiger partial charge in [-0.05, 0) is 26.0 Å². The number of nitrogens with zero attached hydrogens (tertiary/aromatic N) is 7. The van der Waals surface area contributed by atoms with Crippen LogP contribution in [0.4, 0.5) is 5.82 Å². The molecule has 1 aliphatic rings. The van der Waals surface area contributed by atoms with Gasteiger partial charge >= 0.3 is 5.97 Å². The van der Waals surface area contributed by atoms with Crippen LogP contribution in [0.15, 0.2) is 30.6 Å². The van der Waals surface area contributed by atoms with Gasteiger partial charge in [-0.2, -0.15) is 4.68 Å². The second-order valence-corrected chi connectivity index (χ2v) is 7.38. The monoisotopic (exact) mass is 423 g/mol. The van der Waals surface area contributed by atoms with Crippen LogP contribution in [0.5, 0.6) is 0 Å². The van der Waals surface area contributed by atoms with Gasteiger partial charge in [-0.3, -0.25) is 9.59 Å². The van der Waals surface area contributed by atoms with Crippen molar-refractivity contribution in [2.75, 3.05) is 37.7 Å². The second kappa shape index (κ2) is 9.07. The number of ether oxygens (including phenoxy) is 1. The number of carbonyl (C=O) groups is 2. The lowest BCUT2D eigenvalue weighted by Gasteiger charge is -2.35. The molecule has 162 valence electrons. The van der Waals surface area contributed by atoms with Crippen LogP contribution < -0.4 is 4.90 Å². The molecule has 1 saturated heterocycles. The van der Waals surface area contributed by atoms with Crippen molar-refractivity contribution >= 4 is 28.9 Å². The molecule has 10 heteroatoms. The van der Waals surface area contributed by atoms with Gasteiger partial charge in [-0.1, -0.05) is 22.9 Å². The Kier molecular flexibility index (Phi) is 6.06. The van der Waals surface area contributed by atoms with E-state index in [1.165, 1.54) is 6.33 Å². The van der Waals surface area contributed by atoms with E-state index in [0.29, 0.717) is 49.8 Å². The number of carbonyl (C=O) groups excluding carboxylic acids is 2. The Hall–Kier alpha value is -3.56. The maximum absolute atomic E-state index is 12.4. The van der Waals surface area contributed by atoms with Gasteiger partial charge in [0, 0.05) is 32.6 Å². The van der Waals surface area contributed by atoms with Gasteiger partial charge in [0.1, 0.15) is 6.33 Å². The Morgan fingerprint density at radius 2 is 1.77 bits per heavy atom. The van der Waals surface area contributed by atoms with E-state index in [4.69, 9.17) is 4.74 Å². The molecule has 1 aromatic carbocycles. The quantitative estimate of drug-likeness (QED) is 0.549. The summed E-state index contributed by atoms with van der Waals surface area (Å²) in [5, 5.41) is 8.61. The lowest BCUT2D eigenvalue weighted by molar-refractivity contribution is -0.145. The van der Waals surface area contributed by atoms with Crippen LogP contribution in [0.25, 0.3) is 16.9 Å². The van der Waals surface area contributed by atoms with Crippen molar-refractivity contribution in [1.29, 1.82) is 0 Å². The van der Waals surface area contributed by atoms with Crippen LogP contribution in [0.1, 0.15) is 25.3 Å². The third-order valence-corrected chi connectivity index (χ3v) is 5.28. The van der Waals surface area contributed by atoms with Crippen molar-refractivity contribution in [2.45, 2.75) is 26.7 Å². The van der Waals surface area contributed by atoms with E-state index >= 15 is 0 Å². The zero-order chi connectivity index (χ0) is 21.8. The average Bonchev–Trinajstić information content (AvgIpc) is 3.23. The Bertz CT molecular complexity index is 1070. The maximum Gasteiger partial charge on any atom is 0.306 e. The highest BCUT2D eigenvalue weighted by molar-refractivity contribution is 5.84. The number of benzene rings is 1. The molecule has 0 N–H and O–H groups in total. The minimum atomic E-state index is -0.338. The number of anilines is 1. The SMILES string of the molecule is CCOC(=O)CCC(=O)N1CCN(c2ncnc3c2nnn3-c2ccc(C)cc2)CC1. The fourth-order valence-electron chi connectivity index (χ4n) is 3.60. The van der Waals surface area contributed by atoms with Gasteiger partial charge in [-0.25, -0.2) is 9.97 Å². The standard InChI is InChI=1S/C21H25N7O3/c1-3-31-18(30)9-8-17(29)26-10-12-27(13-11-26)20-19-21(23-14-22-20)28(25-24-19)16-6-4-15(2)5-7-16/h4-7,14H,3,8-13H2,1-2H3. The minimum absolute atomic E-state index is 0.0362. The predicted octanol–water partition coefficient (Wildman–Crippen LogP) is 1.51. The summed E-state index contributed by atoms with van der Waals surface area (Å²) in [6.45, 7) is 6.46. The first-order valence-electron chi connectivity index (χ1n) is 10.4. The number of aryl methyl sites for hydroxylation is 1. The maximum atomic E-state index is 12.4. The highest BCUT2D eigenvalue weighted by Gasteiger charge is 2.25. The zero-order valence-electron chi connectivity index (χ0n) is 17.7. The number of amides is 1. The minimum Gasteiger partial charge on any atom is -0.466 e. The molecule has 0 aliphatic carbocycles. The number of fused-ring (bicyclic) bond motifs is 1. The van der Waals surface area contributed by atoms with Gasteiger partial charge in [0.05, 0.1) is 18.7 Å². The highest BCUT2D eigenvalue weighted by atomic mass is 16.5. The fraction of sp³-hybridized carbons (Fsp3) is 0.429. The van der Waals surface area contributed by atoms with Crippen molar-refractivity contribution in [3.05, 3.63) is 36.2 Å². The van der Waals surface area contributed by atoms with E-state index in [2.05, 4.69) is 25.2 Å². The van der Waals surface area contributed by atoms with Crippen molar-refractivity contribution in [1.82, 2.24) is 29.9 Å². The first-order chi connectivity index (χ1) is 15.1. The number of hydrogen-bond donors (Lipinski definition) is 0. The van der Waals surface area contributed by atoms with Gasteiger partial charge in [-0.15, -0.1) is 5.10 Å². The molecule has 3 heterocycles. The number of rotatable bonds is 6. The lowest BCUT2D eigenvalue weighted by atomic mass is 10.2.